The Balaban J connectivity index is 1.62. The number of likely N-dealkylation sites (tertiary alicyclic amines) is 2. The monoisotopic (exact) mass is 459 g/mol. The highest BCUT2D eigenvalue weighted by molar-refractivity contribution is 6.03. The Bertz CT molecular complexity index is 1070. The second-order valence-electron chi connectivity index (χ2n) is 9.34. The van der Waals surface area contributed by atoms with E-state index >= 15 is 0 Å². The molecule has 0 spiro atoms. The topological polar surface area (TPSA) is 66.7 Å². The third-order valence-electron chi connectivity index (χ3n) is 7.03. The zero-order chi connectivity index (χ0) is 24.1. The van der Waals surface area contributed by atoms with E-state index in [1.807, 2.05) is 42.2 Å². The van der Waals surface area contributed by atoms with Crippen LogP contribution in [0.5, 0.6) is 0 Å². The Hall–Kier alpha value is -3.25. The van der Waals surface area contributed by atoms with Crippen LogP contribution in [0.3, 0.4) is 0 Å². The molecule has 2 aliphatic rings. The Morgan fingerprint density at radius 3 is 2.41 bits per heavy atom. The number of rotatable bonds is 7. The molecule has 2 aromatic carbocycles. The molecule has 2 unspecified atom stereocenters. The zero-order valence-electron chi connectivity index (χ0n) is 20.0. The Kier molecular flexibility index (Phi) is 7.58. The Morgan fingerprint density at radius 1 is 1.09 bits per heavy atom. The van der Waals surface area contributed by atoms with Crippen LogP contribution in [0.1, 0.15) is 44.2 Å². The number of nitro benzene ring substituents is 1. The summed E-state index contributed by atoms with van der Waals surface area (Å²) in [5.74, 6) is 0.0265. The average molecular weight is 460 g/mol. The molecule has 2 atom stereocenters. The van der Waals surface area contributed by atoms with Crippen molar-refractivity contribution >= 4 is 17.2 Å². The maximum Gasteiger partial charge on any atom is 0.269 e. The van der Waals surface area contributed by atoms with E-state index in [0.29, 0.717) is 19.1 Å². The second-order valence-corrected chi connectivity index (χ2v) is 9.34. The first-order chi connectivity index (χ1) is 16.4. The Morgan fingerprint density at radius 2 is 1.76 bits per heavy atom. The molecule has 1 amide bonds. The minimum atomic E-state index is -0.401. The van der Waals surface area contributed by atoms with Crippen molar-refractivity contribution in [3.05, 3.63) is 93.6 Å². The highest BCUT2D eigenvalue weighted by Gasteiger charge is 2.35. The van der Waals surface area contributed by atoms with Crippen LogP contribution in [0.2, 0.25) is 0 Å². The molecule has 0 saturated carbocycles. The molecule has 0 bridgehead atoms. The van der Waals surface area contributed by atoms with Gasteiger partial charge in [0.25, 0.3) is 11.6 Å². The lowest BCUT2D eigenvalue weighted by molar-refractivity contribution is -0.384. The quantitative estimate of drug-likeness (QED) is 0.239. The van der Waals surface area contributed by atoms with E-state index in [-0.39, 0.29) is 17.5 Å². The molecule has 178 valence electrons. The molecule has 2 saturated heterocycles. The van der Waals surface area contributed by atoms with Gasteiger partial charge in [0, 0.05) is 42.8 Å². The van der Waals surface area contributed by atoms with E-state index in [1.165, 1.54) is 31.4 Å². The largest absolute Gasteiger partial charge is 0.334 e. The summed E-state index contributed by atoms with van der Waals surface area (Å²) >= 11 is 0. The number of benzene rings is 2. The van der Waals surface area contributed by atoms with Gasteiger partial charge in [-0.05, 0) is 68.6 Å². The summed E-state index contributed by atoms with van der Waals surface area (Å²) < 4.78 is 0. The van der Waals surface area contributed by atoms with Gasteiger partial charge >= 0.3 is 0 Å². The van der Waals surface area contributed by atoms with Crippen molar-refractivity contribution in [1.29, 1.82) is 0 Å². The number of carbonyl (C=O) groups excluding carboxylic acids is 1. The maximum absolute atomic E-state index is 13.6. The van der Waals surface area contributed by atoms with E-state index in [1.54, 1.807) is 12.1 Å². The summed E-state index contributed by atoms with van der Waals surface area (Å²) in [5, 5.41) is 11.1. The summed E-state index contributed by atoms with van der Waals surface area (Å²) in [6, 6.07) is 16.9. The van der Waals surface area contributed by atoms with Gasteiger partial charge in [0.15, 0.2) is 0 Å². The third kappa shape index (κ3) is 5.45. The number of piperidine rings is 1. The van der Waals surface area contributed by atoms with Gasteiger partial charge in [-0.1, -0.05) is 48.9 Å². The van der Waals surface area contributed by atoms with E-state index in [0.717, 1.165) is 35.4 Å². The van der Waals surface area contributed by atoms with Crippen LogP contribution in [-0.2, 0) is 11.3 Å². The molecule has 6 heteroatoms. The molecule has 0 radical (unpaired) electrons. The van der Waals surface area contributed by atoms with Gasteiger partial charge in [0.1, 0.15) is 0 Å². The van der Waals surface area contributed by atoms with Crippen molar-refractivity contribution in [2.45, 2.75) is 45.7 Å². The van der Waals surface area contributed by atoms with Crippen LogP contribution in [-0.4, -0.2) is 46.3 Å². The smallest absolute Gasteiger partial charge is 0.269 e. The van der Waals surface area contributed by atoms with Gasteiger partial charge in [-0.15, -0.1) is 0 Å². The number of hydrogen-bond donors (Lipinski definition) is 0. The van der Waals surface area contributed by atoms with Gasteiger partial charge in [0.2, 0.25) is 0 Å². The lowest BCUT2D eigenvalue weighted by Crippen LogP contribution is -2.36. The third-order valence-corrected chi connectivity index (χ3v) is 7.03. The molecule has 0 N–H and O–H groups in total. The standard InChI is InChI=1S/C28H33N3O3/c1-21(29-17-7-4-8-18-29)11-12-25-20-30(19-23-9-5-3-6-10-23)28(32)27(25)22(2)24-13-15-26(16-14-24)31(33)34/h3,5-6,9-16,21,25H,4,7-8,17-20H2,1-2H3/b12-11+,27-22-. The molecule has 34 heavy (non-hydrogen) atoms. The molecule has 2 aromatic rings. The SMILES string of the molecule is C/C(=C1/C(=O)N(Cc2ccccc2)CC1/C=C/C(C)N1CCCCC1)c1ccc([N+](=O)[O-])cc1. The molecule has 4 rings (SSSR count). The predicted molar refractivity (Wildman–Crippen MR) is 135 cm³/mol. The first kappa shape index (κ1) is 23.9. The number of amides is 1. The van der Waals surface area contributed by atoms with Crippen LogP contribution < -0.4 is 0 Å². The van der Waals surface area contributed by atoms with Crippen LogP contribution in [0.15, 0.2) is 72.3 Å². The van der Waals surface area contributed by atoms with Crippen molar-refractivity contribution in [3.8, 4) is 0 Å². The molecular formula is C28H33N3O3. The molecule has 6 nitrogen and oxygen atoms in total. The molecular weight excluding hydrogens is 426 g/mol. The molecule has 0 aliphatic carbocycles. The van der Waals surface area contributed by atoms with Crippen molar-refractivity contribution in [1.82, 2.24) is 9.80 Å². The molecule has 2 aliphatic heterocycles. The lowest BCUT2D eigenvalue weighted by atomic mass is 9.92. The molecule has 2 fully saturated rings. The minimum absolute atomic E-state index is 0.0151. The number of nitro groups is 1. The van der Waals surface area contributed by atoms with Gasteiger partial charge < -0.3 is 4.90 Å². The number of non-ortho nitro benzene ring substituents is 1. The first-order valence-corrected chi connectivity index (χ1v) is 12.1. The molecule has 2 heterocycles. The van der Waals surface area contributed by atoms with E-state index in [2.05, 4.69) is 24.0 Å². The van der Waals surface area contributed by atoms with Gasteiger partial charge in [-0.25, -0.2) is 0 Å². The predicted octanol–water partition coefficient (Wildman–Crippen LogP) is 5.46. The van der Waals surface area contributed by atoms with Crippen molar-refractivity contribution < 1.29 is 9.72 Å². The fourth-order valence-electron chi connectivity index (χ4n) is 5.01. The summed E-state index contributed by atoms with van der Waals surface area (Å²) in [6.45, 7) is 7.64. The van der Waals surface area contributed by atoms with Gasteiger partial charge in [0.05, 0.1) is 4.92 Å². The molecule has 0 aromatic heterocycles. The van der Waals surface area contributed by atoms with Crippen LogP contribution in [0.25, 0.3) is 5.57 Å². The van der Waals surface area contributed by atoms with Crippen molar-refractivity contribution in [2.75, 3.05) is 19.6 Å². The Labute approximate surface area is 201 Å². The van der Waals surface area contributed by atoms with E-state index in [4.69, 9.17) is 0 Å². The lowest BCUT2D eigenvalue weighted by Gasteiger charge is -2.30. The fraction of sp³-hybridized carbons (Fsp3) is 0.393. The maximum atomic E-state index is 13.6. The number of carbonyl (C=O) groups is 1. The normalized spacial score (nSPS) is 21.8. The summed E-state index contributed by atoms with van der Waals surface area (Å²) in [6.07, 6.45) is 8.25. The number of nitrogens with zero attached hydrogens (tertiary/aromatic N) is 3. The van der Waals surface area contributed by atoms with Crippen molar-refractivity contribution in [3.63, 3.8) is 0 Å². The van der Waals surface area contributed by atoms with Crippen molar-refractivity contribution in [2.24, 2.45) is 5.92 Å². The highest BCUT2D eigenvalue weighted by atomic mass is 16.6. The average Bonchev–Trinajstić information content (AvgIpc) is 3.17. The van der Waals surface area contributed by atoms with E-state index in [9.17, 15) is 14.9 Å². The summed E-state index contributed by atoms with van der Waals surface area (Å²) in [7, 11) is 0. The van der Waals surface area contributed by atoms with Crippen LogP contribution >= 0.6 is 0 Å². The minimum Gasteiger partial charge on any atom is -0.334 e. The van der Waals surface area contributed by atoms with Gasteiger partial charge in [-0.3, -0.25) is 19.8 Å². The number of allylic oxidation sites excluding steroid dienone is 1. The highest BCUT2D eigenvalue weighted by Crippen LogP contribution is 2.34. The zero-order valence-corrected chi connectivity index (χ0v) is 20.0. The van der Waals surface area contributed by atoms with E-state index < -0.39 is 4.92 Å². The van der Waals surface area contributed by atoms with Gasteiger partial charge in [-0.2, -0.15) is 0 Å². The van der Waals surface area contributed by atoms with Crippen LogP contribution in [0.4, 0.5) is 5.69 Å². The summed E-state index contributed by atoms with van der Waals surface area (Å²) in [5.41, 5.74) is 3.67. The fourth-order valence-corrected chi connectivity index (χ4v) is 5.01. The summed E-state index contributed by atoms with van der Waals surface area (Å²) in [4.78, 5) is 28.7. The number of hydrogen-bond acceptors (Lipinski definition) is 4. The first-order valence-electron chi connectivity index (χ1n) is 12.1. The second kappa shape index (κ2) is 10.8. The van der Waals surface area contributed by atoms with Crippen LogP contribution in [0, 0.1) is 16.0 Å².